The molecule has 1 aliphatic carbocycles. The smallest absolute Gasteiger partial charge is 0.205 e. The molecule has 0 radical (unpaired) electrons. The summed E-state index contributed by atoms with van der Waals surface area (Å²) in [6, 6.07) is 9.81. The molecular weight excluding hydrogens is 242 g/mol. The normalized spacial score (nSPS) is 15.7. The molecule has 0 heterocycles. The van der Waals surface area contributed by atoms with Crippen molar-refractivity contribution in [2.75, 3.05) is 0 Å². The molecule has 0 atom stereocenters. The lowest BCUT2D eigenvalue weighted by Gasteiger charge is -2.15. The van der Waals surface area contributed by atoms with Gasteiger partial charge < -0.3 is 0 Å². The zero-order valence-corrected chi connectivity index (χ0v) is 11.3. The first kappa shape index (κ1) is 12.6. The second-order valence-electron chi connectivity index (χ2n) is 5.78. The number of alkyl halides is 2. The van der Waals surface area contributed by atoms with Gasteiger partial charge in [-0.05, 0) is 52.6 Å². The summed E-state index contributed by atoms with van der Waals surface area (Å²) in [5.41, 5.74) is 2.26. The van der Waals surface area contributed by atoms with E-state index in [1.165, 1.54) is 0 Å². The lowest BCUT2D eigenvalue weighted by Crippen LogP contribution is -1.96. The number of hydrogen-bond acceptors (Lipinski definition) is 0. The fourth-order valence-electron chi connectivity index (χ4n) is 2.82. The van der Waals surface area contributed by atoms with E-state index < -0.39 is 6.43 Å². The first-order chi connectivity index (χ1) is 9.08. The molecule has 0 bridgehead atoms. The van der Waals surface area contributed by atoms with E-state index in [9.17, 15) is 8.78 Å². The van der Waals surface area contributed by atoms with Gasteiger partial charge in [-0.1, -0.05) is 38.1 Å². The first-order valence-electron chi connectivity index (χ1n) is 6.92. The van der Waals surface area contributed by atoms with Gasteiger partial charge in [-0.15, -0.1) is 0 Å². The summed E-state index contributed by atoms with van der Waals surface area (Å²) < 4.78 is 26.6. The van der Waals surface area contributed by atoms with E-state index >= 15 is 0 Å². The van der Waals surface area contributed by atoms with Crippen LogP contribution in [0, 0.1) is 0 Å². The van der Waals surface area contributed by atoms with Gasteiger partial charge in [0.15, 0.2) is 0 Å². The Labute approximate surface area is 112 Å². The number of benzene rings is 2. The quantitative estimate of drug-likeness (QED) is 0.656. The van der Waals surface area contributed by atoms with Crippen molar-refractivity contribution in [1.82, 2.24) is 0 Å². The molecule has 0 N–H and O–H groups in total. The largest absolute Gasteiger partial charge is 0.264 e. The summed E-state index contributed by atoms with van der Waals surface area (Å²) in [4.78, 5) is 0. The summed E-state index contributed by atoms with van der Waals surface area (Å²) in [7, 11) is 0. The van der Waals surface area contributed by atoms with Crippen molar-refractivity contribution in [2.45, 2.75) is 45.0 Å². The third-order valence-electron chi connectivity index (χ3n) is 3.99. The first-order valence-corrected chi connectivity index (χ1v) is 6.92. The van der Waals surface area contributed by atoms with Crippen molar-refractivity contribution in [3.8, 4) is 0 Å². The van der Waals surface area contributed by atoms with Gasteiger partial charge in [0, 0.05) is 5.56 Å². The highest BCUT2D eigenvalue weighted by Gasteiger charge is 2.29. The van der Waals surface area contributed by atoms with Gasteiger partial charge in [0.05, 0.1) is 0 Å². The van der Waals surface area contributed by atoms with Crippen LogP contribution in [0.25, 0.3) is 10.8 Å². The Bertz CT molecular complexity index is 610. The minimum Gasteiger partial charge on any atom is -0.205 e. The summed E-state index contributed by atoms with van der Waals surface area (Å²) in [6.45, 7) is 4.21. The van der Waals surface area contributed by atoms with E-state index in [2.05, 4.69) is 13.8 Å². The van der Waals surface area contributed by atoms with Gasteiger partial charge in [0.25, 0.3) is 6.43 Å². The molecule has 2 aromatic carbocycles. The van der Waals surface area contributed by atoms with Crippen molar-refractivity contribution < 1.29 is 8.78 Å². The predicted octanol–water partition coefficient (Wildman–Crippen LogP) is 5.78. The maximum Gasteiger partial charge on any atom is 0.264 e. The molecule has 3 rings (SSSR count). The molecule has 0 spiro atoms. The lowest BCUT2D eigenvalue weighted by atomic mass is 9.91. The van der Waals surface area contributed by atoms with E-state index in [0.717, 1.165) is 34.7 Å². The second-order valence-corrected chi connectivity index (χ2v) is 5.78. The van der Waals surface area contributed by atoms with Crippen LogP contribution in [0.15, 0.2) is 30.3 Å². The van der Waals surface area contributed by atoms with Crippen LogP contribution in [-0.2, 0) is 0 Å². The summed E-state index contributed by atoms with van der Waals surface area (Å²) in [6.07, 6.45) is -0.273. The van der Waals surface area contributed by atoms with Crippen LogP contribution >= 0.6 is 0 Å². The fourth-order valence-corrected chi connectivity index (χ4v) is 2.82. The molecular formula is C17H18F2. The van der Waals surface area contributed by atoms with Crippen LogP contribution in [0.4, 0.5) is 8.78 Å². The van der Waals surface area contributed by atoms with Gasteiger partial charge in [0.2, 0.25) is 0 Å². The summed E-state index contributed by atoms with van der Waals surface area (Å²) in [5.74, 6) is 0.706. The van der Waals surface area contributed by atoms with E-state index in [-0.39, 0.29) is 5.56 Å². The highest BCUT2D eigenvalue weighted by Crippen LogP contribution is 2.45. The number of fused-ring (bicyclic) bond motifs is 1. The molecule has 0 amide bonds. The van der Waals surface area contributed by atoms with Crippen LogP contribution in [-0.4, -0.2) is 0 Å². The average Bonchev–Trinajstić information content (AvgIpc) is 3.20. The van der Waals surface area contributed by atoms with E-state index in [1.54, 1.807) is 6.07 Å². The lowest BCUT2D eigenvalue weighted by molar-refractivity contribution is 0.150. The molecule has 0 saturated heterocycles. The standard InChI is InChI=1S/C17H18F2/c1-10(2)13-5-3-4-12-8-14(11-6-7-11)16(17(18)19)9-15(12)13/h3-5,8-11,17H,6-7H2,1-2H3. The molecule has 0 aromatic heterocycles. The third-order valence-corrected chi connectivity index (χ3v) is 3.99. The Balaban J connectivity index is 2.26. The Kier molecular flexibility index (Phi) is 3.04. The van der Waals surface area contributed by atoms with Gasteiger partial charge in [-0.2, -0.15) is 0 Å². The summed E-state index contributed by atoms with van der Waals surface area (Å²) in [5, 5.41) is 2.08. The van der Waals surface area contributed by atoms with E-state index in [0.29, 0.717) is 11.8 Å². The molecule has 1 fully saturated rings. The minimum absolute atomic E-state index is 0.239. The topological polar surface area (TPSA) is 0 Å². The van der Waals surface area contributed by atoms with Crippen molar-refractivity contribution in [3.05, 3.63) is 47.0 Å². The van der Waals surface area contributed by atoms with Gasteiger partial charge in [0.1, 0.15) is 0 Å². The van der Waals surface area contributed by atoms with Crippen molar-refractivity contribution in [2.24, 2.45) is 0 Å². The Hall–Kier alpha value is -1.44. The highest BCUT2D eigenvalue weighted by atomic mass is 19.3. The maximum absolute atomic E-state index is 13.3. The molecule has 100 valence electrons. The Morgan fingerprint density at radius 2 is 1.79 bits per heavy atom. The second kappa shape index (κ2) is 4.59. The van der Waals surface area contributed by atoms with Gasteiger partial charge >= 0.3 is 0 Å². The van der Waals surface area contributed by atoms with Crippen LogP contribution < -0.4 is 0 Å². The summed E-state index contributed by atoms with van der Waals surface area (Å²) >= 11 is 0. The predicted molar refractivity (Wildman–Crippen MR) is 75.0 cm³/mol. The number of hydrogen-bond donors (Lipinski definition) is 0. The monoisotopic (exact) mass is 260 g/mol. The van der Waals surface area contributed by atoms with Crippen LogP contribution in [0.5, 0.6) is 0 Å². The zero-order valence-electron chi connectivity index (χ0n) is 11.3. The molecule has 1 saturated carbocycles. The Morgan fingerprint density at radius 1 is 1.05 bits per heavy atom. The zero-order chi connectivity index (χ0) is 13.6. The molecule has 1 aliphatic rings. The Morgan fingerprint density at radius 3 is 2.37 bits per heavy atom. The molecule has 2 aromatic rings. The van der Waals surface area contributed by atoms with Gasteiger partial charge in [-0.25, -0.2) is 8.78 Å². The van der Waals surface area contributed by atoms with Crippen LogP contribution in [0.1, 0.15) is 61.6 Å². The molecule has 19 heavy (non-hydrogen) atoms. The van der Waals surface area contributed by atoms with Crippen molar-refractivity contribution in [3.63, 3.8) is 0 Å². The number of rotatable bonds is 3. The van der Waals surface area contributed by atoms with Crippen LogP contribution in [0.2, 0.25) is 0 Å². The van der Waals surface area contributed by atoms with Crippen molar-refractivity contribution in [1.29, 1.82) is 0 Å². The van der Waals surface area contributed by atoms with E-state index in [4.69, 9.17) is 0 Å². The SMILES string of the molecule is CC(C)c1cccc2cc(C3CC3)c(C(F)F)cc12. The average molecular weight is 260 g/mol. The number of halogens is 2. The third kappa shape index (κ3) is 2.24. The maximum atomic E-state index is 13.3. The molecule has 2 heteroatoms. The minimum atomic E-state index is -2.37. The fraction of sp³-hybridized carbons (Fsp3) is 0.412. The molecule has 0 unspecified atom stereocenters. The van der Waals surface area contributed by atoms with Crippen molar-refractivity contribution >= 4 is 10.8 Å². The highest BCUT2D eigenvalue weighted by molar-refractivity contribution is 5.88. The molecule has 0 nitrogen and oxygen atoms in total. The van der Waals surface area contributed by atoms with Gasteiger partial charge in [-0.3, -0.25) is 0 Å². The molecule has 0 aliphatic heterocycles. The van der Waals surface area contributed by atoms with E-state index in [1.807, 2.05) is 24.3 Å². The van der Waals surface area contributed by atoms with Crippen LogP contribution in [0.3, 0.4) is 0 Å².